The second-order valence-corrected chi connectivity index (χ2v) is 4.01. The Morgan fingerprint density at radius 1 is 1.33 bits per heavy atom. The van der Waals surface area contributed by atoms with Crippen molar-refractivity contribution in [1.29, 1.82) is 0 Å². The van der Waals surface area contributed by atoms with Gasteiger partial charge in [-0.25, -0.2) is 4.39 Å². The second kappa shape index (κ2) is 3.66. The van der Waals surface area contributed by atoms with Crippen LogP contribution in [0, 0.1) is 5.82 Å². The van der Waals surface area contributed by atoms with Crippen LogP contribution in [-0.4, -0.2) is 5.78 Å². The van der Waals surface area contributed by atoms with Crippen LogP contribution in [0.25, 0.3) is 0 Å². The summed E-state index contributed by atoms with van der Waals surface area (Å²) in [6.07, 6.45) is 0. The summed E-state index contributed by atoms with van der Waals surface area (Å²) in [6, 6.07) is 2.53. The fourth-order valence-corrected chi connectivity index (χ4v) is 2.57. The predicted molar refractivity (Wildman–Crippen MR) is 51.8 cm³/mol. The van der Waals surface area contributed by atoms with Crippen LogP contribution in [0.3, 0.4) is 0 Å². The SMILES string of the molecule is CC(=O)c1c(Br)cc(F)cc1Br. The summed E-state index contributed by atoms with van der Waals surface area (Å²) < 4.78 is 13.6. The van der Waals surface area contributed by atoms with Crippen molar-refractivity contribution < 1.29 is 9.18 Å². The van der Waals surface area contributed by atoms with Crippen molar-refractivity contribution in [2.75, 3.05) is 0 Å². The van der Waals surface area contributed by atoms with Crippen LogP contribution in [-0.2, 0) is 0 Å². The molecule has 0 bridgehead atoms. The average molecular weight is 296 g/mol. The monoisotopic (exact) mass is 294 g/mol. The summed E-state index contributed by atoms with van der Waals surface area (Å²) in [6.45, 7) is 1.43. The summed E-state index contributed by atoms with van der Waals surface area (Å²) in [7, 11) is 0. The molecule has 0 unspecified atom stereocenters. The minimum atomic E-state index is -0.376. The zero-order valence-electron chi connectivity index (χ0n) is 6.20. The number of halogens is 3. The number of Topliss-reactive ketones (excluding diaryl/α,β-unsaturated/α-hetero) is 1. The lowest BCUT2D eigenvalue weighted by atomic mass is 10.1. The highest BCUT2D eigenvalue weighted by atomic mass is 79.9. The van der Waals surface area contributed by atoms with E-state index in [1.54, 1.807) is 0 Å². The fraction of sp³-hybridized carbons (Fsp3) is 0.125. The van der Waals surface area contributed by atoms with E-state index >= 15 is 0 Å². The highest BCUT2D eigenvalue weighted by Gasteiger charge is 2.10. The fourth-order valence-electron chi connectivity index (χ4n) is 0.879. The molecule has 0 aromatic heterocycles. The Hall–Kier alpha value is -0.220. The summed E-state index contributed by atoms with van der Waals surface area (Å²) >= 11 is 6.22. The molecule has 0 spiro atoms. The molecule has 0 radical (unpaired) electrons. The van der Waals surface area contributed by atoms with Gasteiger partial charge in [-0.05, 0) is 50.9 Å². The third-order valence-corrected chi connectivity index (χ3v) is 2.61. The smallest absolute Gasteiger partial charge is 0.162 e. The van der Waals surface area contributed by atoms with E-state index < -0.39 is 0 Å². The van der Waals surface area contributed by atoms with Crippen LogP contribution in [0.5, 0.6) is 0 Å². The van der Waals surface area contributed by atoms with E-state index in [4.69, 9.17) is 0 Å². The van der Waals surface area contributed by atoms with Gasteiger partial charge in [0.15, 0.2) is 5.78 Å². The largest absolute Gasteiger partial charge is 0.294 e. The zero-order valence-corrected chi connectivity index (χ0v) is 9.37. The number of ketones is 1. The van der Waals surface area contributed by atoms with E-state index in [0.29, 0.717) is 14.5 Å². The molecular weight excluding hydrogens is 291 g/mol. The molecule has 12 heavy (non-hydrogen) atoms. The quantitative estimate of drug-likeness (QED) is 0.724. The second-order valence-electron chi connectivity index (χ2n) is 2.30. The van der Waals surface area contributed by atoms with Crippen LogP contribution in [0.4, 0.5) is 4.39 Å². The average Bonchev–Trinajstić information content (AvgIpc) is 1.82. The van der Waals surface area contributed by atoms with Crippen molar-refractivity contribution in [3.05, 3.63) is 32.5 Å². The maximum atomic E-state index is 12.7. The van der Waals surface area contributed by atoms with Gasteiger partial charge in [0.1, 0.15) is 5.82 Å². The Balaban J connectivity index is 3.38. The van der Waals surface area contributed by atoms with Crippen molar-refractivity contribution >= 4 is 37.6 Å². The summed E-state index contributed by atoms with van der Waals surface area (Å²) in [5, 5.41) is 0. The van der Waals surface area contributed by atoms with E-state index in [9.17, 15) is 9.18 Å². The Labute approximate surface area is 86.2 Å². The first-order valence-corrected chi connectivity index (χ1v) is 4.76. The Kier molecular flexibility index (Phi) is 3.01. The number of hydrogen-bond donors (Lipinski definition) is 0. The summed E-state index contributed by atoms with van der Waals surface area (Å²) in [5.74, 6) is -0.479. The maximum absolute atomic E-state index is 12.7. The molecule has 1 nitrogen and oxygen atoms in total. The van der Waals surface area contributed by atoms with Gasteiger partial charge in [-0.2, -0.15) is 0 Å². The number of hydrogen-bond acceptors (Lipinski definition) is 1. The third-order valence-electron chi connectivity index (χ3n) is 1.36. The predicted octanol–water partition coefficient (Wildman–Crippen LogP) is 3.55. The number of carbonyl (C=O) groups is 1. The number of carbonyl (C=O) groups excluding carboxylic acids is 1. The first-order valence-electron chi connectivity index (χ1n) is 3.18. The van der Waals surface area contributed by atoms with Gasteiger partial charge >= 0.3 is 0 Å². The summed E-state index contributed by atoms with van der Waals surface area (Å²) in [4.78, 5) is 11.0. The van der Waals surface area contributed by atoms with Gasteiger partial charge < -0.3 is 0 Å². The van der Waals surface area contributed by atoms with Crippen molar-refractivity contribution in [2.24, 2.45) is 0 Å². The van der Waals surface area contributed by atoms with Gasteiger partial charge in [-0.15, -0.1) is 0 Å². The maximum Gasteiger partial charge on any atom is 0.162 e. The molecule has 64 valence electrons. The van der Waals surface area contributed by atoms with Crippen molar-refractivity contribution in [1.82, 2.24) is 0 Å². The standard InChI is InChI=1S/C8H5Br2FO/c1-4(12)8-6(9)2-5(11)3-7(8)10/h2-3H,1H3. The van der Waals surface area contributed by atoms with Crippen LogP contribution in [0.2, 0.25) is 0 Å². The molecule has 4 heteroatoms. The van der Waals surface area contributed by atoms with Crippen molar-refractivity contribution in [3.8, 4) is 0 Å². The molecule has 0 atom stereocenters. The van der Waals surface area contributed by atoms with Crippen LogP contribution in [0.15, 0.2) is 21.1 Å². The van der Waals surface area contributed by atoms with Crippen molar-refractivity contribution in [3.63, 3.8) is 0 Å². The van der Waals surface area contributed by atoms with E-state index in [1.165, 1.54) is 19.1 Å². The van der Waals surface area contributed by atoms with Gasteiger partial charge in [-0.1, -0.05) is 0 Å². The molecule has 0 aliphatic carbocycles. The first kappa shape index (κ1) is 9.86. The molecule has 1 rings (SSSR count). The highest BCUT2D eigenvalue weighted by Crippen LogP contribution is 2.26. The molecule has 0 aliphatic heterocycles. The third kappa shape index (κ3) is 1.93. The van der Waals surface area contributed by atoms with Gasteiger partial charge in [-0.3, -0.25) is 4.79 Å². The van der Waals surface area contributed by atoms with Gasteiger partial charge in [0.05, 0.1) is 0 Å². The normalized spacial score (nSPS) is 10.0. The topological polar surface area (TPSA) is 17.1 Å². The molecule has 0 saturated carbocycles. The van der Waals surface area contributed by atoms with Gasteiger partial charge in [0, 0.05) is 14.5 Å². The van der Waals surface area contributed by atoms with Crippen LogP contribution < -0.4 is 0 Å². The lowest BCUT2D eigenvalue weighted by Gasteiger charge is -2.02. The van der Waals surface area contributed by atoms with E-state index in [1.807, 2.05) is 0 Å². The minimum Gasteiger partial charge on any atom is -0.294 e. The molecule has 1 aromatic rings. The molecular formula is C8H5Br2FO. The molecule has 0 N–H and O–H groups in total. The lowest BCUT2D eigenvalue weighted by Crippen LogP contribution is -1.96. The van der Waals surface area contributed by atoms with Crippen LogP contribution >= 0.6 is 31.9 Å². The molecule has 1 aromatic carbocycles. The number of rotatable bonds is 1. The lowest BCUT2D eigenvalue weighted by molar-refractivity contribution is 0.101. The Morgan fingerprint density at radius 3 is 2.08 bits per heavy atom. The highest BCUT2D eigenvalue weighted by molar-refractivity contribution is 9.11. The molecule has 0 saturated heterocycles. The Bertz CT molecular complexity index is 313. The Morgan fingerprint density at radius 2 is 1.75 bits per heavy atom. The van der Waals surface area contributed by atoms with Gasteiger partial charge in [0.2, 0.25) is 0 Å². The van der Waals surface area contributed by atoms with Crippen LogP contribution in [0.1, 0.15) is 17.3 Å². The van der Waals surface area contributed by atoms with Gasteiger partial charge in [0.25, 0.3) is 0 Å². The van der Waals surface area contributed by atoms with E-state index in [2.05, 4.69) is 31.9 Å². The molecule has 0 fully saturated rings. The molecule has 0 heterocycles. The minimum absolute atomic E-state index is 0.103. The van der Waals surface area contributed by atoms with Crippen molar-refractivity contribution in [2.45, 2.75) is 6.92 Å². The first-order chi connectivity index (χ1) is 5.52. The summed E-state index contributed by atoms with van der Waals surface area (Å²) in [5.41, 5.74) is 0.469. The molecule has 0 aliphatic rings. The van der Waals surface area contributed by atoms with E-state index in [-0.39, 0.29) is 11.6 Å². The van der Waals surface area contributed by atoms with E-state index in [0.717, 1.165) is 0 Å². The zero-order chi connectivity index (χ0) is 9.30. The molecule has 0 amide bonds. The number of benzene rings is 1.